The molecule has 19 heavy (non-hydrogen) atoms. The van der Waals surface area contributed by atoms with Crippen molar-refractivity contribution in [2.45, 2.75) is 27.7 Å². The zero-order chi connectivity index (χ0) is 14.2. The van der Waals surface area contributed by atoms with Crippen LogP contribution in [0.15, 0.2) is 0 Å². The Balaban J connectivity index is 1.65. The van der Waals surface area contributed by atoms with Crippen molar-refractivity contribution in [3.8, 4) is 0 Å². The molecule has 1 unspecified atom stereocenters. The lowest BCUT2D eigenvalue weighted by molar-refractivity contribution is -0.130. The lowest BCUT2D eigenvalue weighted by Crippen LogP contribution is -2.41. The third-order valence-corrected chi connectivity index (χ3v) is 4.41. The average molecular weight is 268 g/mol. The van der Waals surface area contributed by atoms with Gasteiger partial charge in [-0.3, -0.25) is 4.79 Å². The van der Waals surface area contributed by atoms with Gasteiger partial charge in [-0.15, -0.1) is 0 Å². The smallest absolute Gasteiger partial charge is 0.407 e. The first-order valence-electron chi connectivity index (χ1n) is 7.00. The van der Waals surface area contributed by atoms with Crippen LogP contribution in [-0.4, -0.2) is 43.1 Å². The van der Waals surface area contributed by atoms with Crippen molar-refractivity contribution in [1.29, 1.82) is 0 Å². The highest BCUT2D eigenvalue weighted by atomic mass is 16.5. The highest BCUT2D eigenvalue weighted by Gasteiger charge is 2.62. The number of amides is 2. The van der Waals surface area contributed by atoms with E-state index < -0.39 is 6.09 Å². The van der Waals surface area contributed by atoms with Gasteiger partial charge in [-0.05, 0) is 23.2 Å². The maximum Gasteiger partial charge on any atom is 0.407 e. The summed E-state index contributed by atoms with van der Waals surface area (Å²) in [7, 11) is 0. The van der Waals surface area contributed by atoms with Crippen molar-refractivity contribution in [2.75, 3.05) is 26.2 Å². The van der Waals surface area contributed by atoms with Crippen molar-refractivity contribution in [3.63, 3.8) is 0 Å². The Morgan fingerprint density at radius 1 is 1.32 bits per heavy atom. The standard InChI is InChI=1S/C14H24N2O3/c1-9(2)8-19-13(18)15-5-12(17)16-6-10-11(7-16)14(10,3)4/h9-11H,5-8H2,1-4H3,(H,15,18)/t10-,11?/m0/s1. The predicted octanol–water partition coefficient (Wildman–Crippen LogP) is 1.48. The van der Waals surface area contributed by atoms with Gasteiger partial charge in [0.05, 0.1) is 6.61 Å². The van der Waals surface area contributed by atoms with Gasteiger partial charge in [-0.25, -0.2) is 4.79 Å². The van der Waals surface area contributed by atoms with Crippen LogP contribution in [0, 0.1) is 23.2 Å². The average Bonchev–Trinajstić information content (AvgIpc) is 2.73. The Bertz CT molecular complexity index is 365. The van der Waals surface area contributed by atoms with Crippen LogP contribution in [0.4, 0.5) is 4.79 Å². The minimum Gasteiger partial charge on any atom is -0.449 e. The van der Waals surface area contributed by atoms with Gasteiger partial charge in [-0.1, -0.05) is 27.7 Å². The largest absolute Gasteiger partial charge is 0.449 e. The van der Waals surface area contributed by atoms with Gasteiger partial charge in [0, 0.05) is 13.1 Å². The normalized spacial score (nSPS) is 27.1. The Morgan fingerprint density at radius 3 is 2.42 bits per heavy atom. The molecule has 108 valence electrons. The Morgan fingerprint density at radius 2 is 1.89 bits per heavy atom. The molecule has 1 aliphatic carbocycles. The predicted molar refractivity (Wildman–Crippen MR) is 71.5 cm³/mol. The van der Waals surface area contributed by atoms with Crippen LogP contribution in [0.25, 0.3) is 0 Å². The molecule has 1 heterocycles. The SMILES string of the molecule is CC(C)COC(=O)NCC(=O)N1CC2[C@H](C1)C2(C)C. The number of carbonyl (C=O) groups is 2. The number of alkyl carbamates (subject to hydrolysis) is 1. The summed E-state index contributed by atoms with van der Waals surface area (Å²) < 4.78 is 4.96. The maximum absolute atomic E-state index is 11.9. The highest BCUT2D eigenvalue weighted by molar-refractivity contribution is 5.82. The number of fused-ring (bicyclic) bond motifs is 1. The number of carbonyl (C=O) groups excluding carboxylic acids is 2. The van der Waals surface area contributed by atoms with Crippen LogP contribution in [0.5, 0.6) is 0 Å². The third-order valence-electron chi connectivity index (χ3n) is 4.41. The maximum atomic E-state index is 11.9. The fraction of sp³-hybridized carbons (Fsp3) is 0.857. The molecule has 2 fully saturated rings. The van der Waals surface area contributed by atoms with Crippen molar-refractivity contribution < 1.29 is 14.3 Å². The van der Waals surface area contributed by atoms with Crippen LogP contribution < -0.4 is 5.32 Å². The van der Waals surface area contributed by atoms with Gasteiger partial charge in [0.25, 0.3) is 0 Å². The van der Waals surface area contributed by atoms with E-state index in [-0.39, 0.29) is 12.5 Å². The van der Waals surface area contributed by atoms with E-state index in [1.165, 1.54) is 0 Å². The number of hydrogen-bond donors (Lipinski definition) is 1. The van der Waals surface area contributed by atoms with E-state index in [0.717, 1.165) is 13.1 Å². The molecule has 0 bridgehead atoms. The summed E-state index contributed by atoms with van der Waals surface area (Å²) in [6.07, 6.45) is -0.508. The minimum atomic E-state index is -0.508. The Labute approximate surface area is 114 Å². The third kappa shape index (κ3) is 3.01. The number of rotatable bonds is 4. The van der Waals surface area contributed by atoms with Crippen LogP contribution in [-0.2, 0) is 9.53 Å². The van der Waals surface area contributed by atoms with E-state index in [0.29, 0.717) is 29.8 Å². The second-order valence-corrected chi connectivity index (χ2v) is 6.68. The number of ether oxygens (including phenoxy) is 1. The van der Waals surface area contributed by atoms with Crippen LogP contribution >= 0.6 is 0 Å². The van der Waals surface area contributed by atoms with E-state index in [9.17, 15) is 9.59 Å². The van der Waals surface area contributed by atoms with Crippen molar-refractivity contribution in [2.24, 2.45) is 23.2 Å². The van der Waals surface area contributed by atoms with Gasteiger partial charge in [0.2, 0.25) is 5.91 Å². The zero-order valence-electron chi connectivity index (χ0n) is 12.2. The molecule has 2 aliphatic rings. The second-order valence-electron chi connectivity index (χ2n) is 6.68. The topological polar surface area (TPSA) is 58.6 Å². The number of piperidine rings is 1. The molecular formula is C14H24N2O3. The fourth-order valence-corrected chi connectivity index (χ4v) is 2.89. The molecule has 0 radical (unpaired) electrons. The molecule has 0 spiro atoms. The lowest BCUT2D eigenvalue weighted by atomic mass is 10.1. The molecule has 1 saturated heterocycles. The molecule has 1 saturated carbocycles. The van der Waals surface area contributed by atoms with E-state index in [1.54, 1.807) is 0 Å². The first-order chi connectivity index (χ1) is 8.82. The molecule has 0 aromatic rings. The summed E-state index contributed by atoms with van der Waals surface area (Å²) in [6, 6.07) is 0. The van der Waals surface area contributed by atoms with E-state index >= 15 is 0 Å². The van der Waals surface area contributed by atoms with E-state index in [2.05, 4.69) is 19.2 Å². The van der Waals surface area contributed by atoms with Gasteiger partial charge in [0.15, 0.2) is 0 Å². The minimum absolute atomic E-state index is 0.00973. The molecule has 1 aliphatic heterocycles. The first-order valence-corrected chi connectivity index (χ1v) is 7.00. The zero-order valence-corrected chi connectivity index (χ0v) is 12.2. The van der Waals surface area contributed by atoms with Gasteiger partial charge < -0.3 is 15.0 Å². The quantitative estimate of drug-likeness (QED) is 0.840. The van der Waals surface area contributed by atoms with Gasteiger partial charge >= 0.3 is 6.09 Å². The molecular weight excluding hydrogens is 244 g/mol. The molecule has 2 rings (SSSR count). The summed E-state index contributed by atoms with van der Waals surface area (Å²) in [5.41, 5.74) is 0.403. The summed E-state index contributed by atoms with van der Waals surface area (Å²) in [5, 5.41) is 2.51. The monoisotopic (exact) mass is 268 g/mol. The molecule has 2 atom stereocenters. The molecule has 0 aromatic carbocycles. The number of hydrogen-bond acceptors (Lipinski definition) is 3. The molecule has 0 aromatic heterocycles. The first kappa shape index (κ1) is 14.2. The lowest BCUT2D eigenvalue weighted by Gasteiger charge is -2.22. The molecule has 1 N–H and O–H groups in total. The van der Waals surface area contributed by atoms with Crippen LogP contribution in [0.3, 0.4) is 0 Å². The number of likely N-dealkylation sites (tertiary alicyclic amines) is 1. The summed E-state index contributed by atoms with van der Waals surface area (Å²) >= 11 is 0. The molecule has 5 nitrogen and oxygen atoms in total. The van der Waals surface area contributed by atoms with Gasteiger partial charge in [0.1, 0.15) is 6.54 Å². The van der Waals surface area contributed by atoms with Crippen molar-refractivity contribution in [3.05, 3.63) is 0 Å². The second kappa shape index (κ2) is 5.02. The fourth-order valence-electron chi connectivity index (χ4n) is 2.89. The van der Waals surface area contributed by atoms with Crippen LogP contribution in [0.1, 0.15) is 27.7 Å². The van der Waals surface area contributed by atoms with Crippen molar-refractivity contribution >= 4 is 12.0 Å². The van der Waals surface area contributed by atoms with E-state index in [1.807, 2.05) is 18.7 Å². The summed E-state index contributed by atoms with van der Waals surface area (Å²) in [6.45, 7) is 10.5. The van der Waals surface area contributed by atoms with Gasteiger partial charge in [-0.2, -0.15) is 0 Å². The van der Waals surface area contributed by atoms with E-state index in [4.69, 9.17) is 4.74 Å². The summed E-state index contributed by atoms with van der Waals surface area (Å²) in [5.74, 6) is 1.58. The summed E-state index contributed by atoms with van der Waals surface area (Å²) in [4.78, 5) is 25.1. The molecule has 2 amide bonds. The van der Waals surface area contributed by atoms with Crippen molar-refractivity contribution in [1.82, 2.24) is 10.2 Å². The highest BCUT2D eigenvalue weighted by Crippen LogP contribution is 2.61. The Kier molecular flexibility index (Phi) is 3.74. The number of nitrogens with one attached hydrogen (secondary N) is 1. The van der Waals surface area contributed by atoms with Crippen LogP contribution in [0.2, 0.25) is 0 Å². The number of nitrogens with zero attached hydrogens (tertiary/aromatic N) is 1. The molecule has 5 heteroatoms. The Hall–Kier alpha value is -1.26.